The molecule has 0 N–H and O–H groups in total. The predicted molar refractivity (Wildman–Crippen MR) is 93.2 cm³/mol. The number of hydrogen-bond donors (Lipinski definition) is 0. The van der Waals surface area contributed by atoms with Crippen molar-refractivity contribution in [3.63, 3.8) is 0 Å². The van der Waals surface area contributed by atoms with Crippen LogP contribution < -0.4 is 0 Å². The van der Waals surface area contributed by atoms with Gasteiger partial charge in [0, 0.05) is 26.7 Å². The molecule has 125 valence electrons. The molecule has 2 aromatic carbocycles. The van der Waals surface area contributed by atoms with Crippen LogP contribution in [0.15, 0.2) is 45.9 Å². The molecule has 1 aliphatic heterocycles. The van der Waals surface area contributed by atoms with Gasteiger partial charge in [-0.2, -0.15) is 13.2 Å². The van der Waals surface area contributed by atoms with Crippen molar-refractivity contribution in [3.8, 4) is 0 Å². The Morgan fingerprint density at radius 3 is 2.38 bits per heavy atom. The summed E-state index contributed by atoms with van der Waals surface area (Å²) in [4.78, 5) is 4.18. The van der Waals surface area contributed by atoms with E-state index in [-0.39, 0.29) is 22.0 Å². The first-order valence-electron chi connectivity index (χ1n) is 6.95. The van der Waals surface area contributed by atoms with Gasteiger partial charge in [-0.3, -0.25) is 4.99 Å². The van der Waals surface area contributed by atoms with Gasteiger partial charge in [-0.15, -0.1) is 0 Å². The van der Waals surface area contributed by atoms with E-state index in [1.54, 1.807) is 18.2 Å². The van der Waals surface area contributed by atoms with Crippen LogP contribution in [0, 0.1) is 6.07 Å². The highest BCUT2D eigenvalue weighted by molar-refractivity contribution is 9.10. The smallest absolute Gasteiger partial charge is 0.288 e. The van der Waals surface area contributed by atoms with Gasteiger partial charge in [-0.25, -0.2) is 0 Å². The third-order valence-electron chi connectivity index (χ3n) is 4.07. The highest BCUT2D eigenvalue weighted by Gasteiger charge is 2.58. The van der Waals surface area contributed by atoms with Crippen molar-refractivity contribution in [1.82, 2.24) is 0 Å². The van der Waals surface area contributed by atoms with E-state index in [1.165, 1.54) is 18.2 Å². The van der Waals surface area contributed by atoms with E-state index in [9.17, 15) is 13.2 Å². The predicted octanol–water partition coefficient (Wildman–Crippen LogP) is 6.25. The van der Waals surface area contributed by atoms with Crippen molar-refractivity contribution in [1.29, 1.82) is 0 Å². The van der Waals surface area contributed by atoms with Crippen molar-refractivity contribution < 1.29 is 13.2 Å². The maximum absolute atomic E-state index is 14.0. The first kappa shape index (κ1) is 17.8. The van der Waals surface area contributed by atoms with Crippen LogP contribution in [0.3, 0.4) is 0 Å². The van der Waals surface area contributed by atoms with Gasteiger partial charge >= 0.3 is 6.18 Å². The first-order chi connectivity index (χ1) is 11.2. The van der Waals surface area contributed by atoms with Gasteiger partial charge < -0.3 is 0 Å². The van der Waals surface area contributed by atoms with Crippen LogP contribution >= 0.6 is 39.1 Å². The maximum atomic E-state index is 14.0. The average Bonchev–Trinajstić information content (AvgIpc) is 2.92. The molecule has 7 heteroatoms. The second kappa shape index (κ2) is 6.36. The second-order valence-corrected chi connectivity index (χ2v) is 7.33. The van der Waals surface area contributed by atoms with Crippen molar-refractivity contribution in [2.75, 3.05) is 6.54 Å². The fraction of sp³-hybridized carbons (Fsp3) is 0.235. The van der Waals surface area contributed by atoms with Crippen LogP contribution in [0.25, 0.3) is 0 Å². The molecule has 0 aliphatic carbocycles. The second-order valence-electron chi connectivity index (χ2n) is 5.60. The van der Waals surface area contributed by atoms with Gasteiger partial charge in [0.2, 0.25) is 0 Å². The highest BCUT2D eigenvalue weighted by atomic mass is 79.9. The third-order valence-corrected chi connectivity index (χ3v) is 4.96. The Hall–Kier alpha value is -1.04. The zero-order chi connectivity index (χ0) is 17.5. The Labute approximate surface area is 155 Å². The van der Waals surface area contributed by atoms with Crippen molar-refractivity contribution in [2.45, 2.75) is 18.0 Å². The van der Waals surface area contributed by atoms with E-state index >= 15 is 0 Å². The Morgan fingerprint density at radius 2 is 1.79 bits per heavy atom. The van der Waals surface area contributed by atoms with E-state index in [0.29, 0.717) is 15.7 Å². The minimum atomic E-state index is -4.48. The van der Waals surface area contributed by atoms with Gasteiger partial charge in [-0.1, -0.05) is 51.3 Å². The number of aliphatic imine (C=N–C) groups is 1. The van der Waals surface area contributed by atoms with Crippen LogP contribution in [0.5, 0.6) is 0 Å². The quantitative estimate of drug-likeness (QED) is 0.528. The topological polar surface area (TPSA) is 12.4 Å². The molecule has 0 amide bonds. The average molecular weight is 436 g/mol. The van der Waals surface area contributed by atoms with Crippen LogP contribution in [-0.4, -0.2) is 18.4 Å². The highest BCUT2D eigenvalue weighted by Crippen LogP contribution is 2.48. The normalized spacial score (nSPS) is 21.0. The van der Waals surface area contributed by atoms with Crippen molar-refractivity contribution >= 4 is 44.8 Å². The molecule has 3 rings (SSSR count). The number of benzene rings is 2. The summed E-state index contributed by atoms with van der Waals surface area (Å²) in [6, 6.07) is 12.0. The lowest BCUT2D eigenvalue weighted by atomic mass is 9.76. The Bertz CT molecular complexity index is 799. The molecule has 1 heterocycles. The Balaban J connectivity index is 2.05. The summed E-state index contributed by atoms with van der Waals surface area (Å²) in [7, 11) is 0. The summed E-state index contributed by atoms with van der Waals surface area (Å²) in [5, 5.41) is 0.346. The van der Waals surface area contributed by atoms with E-state index in [1.807, 2.05) is 0 Å². The molecular weight excluding hydrogens is 426 g/mol. The number of halogens is 6. The standard InChI is InChI=1S/C17H10BrCl2F3N/c18-12-3-1-2-10(4-12)15-8-16(9-24-15,17(21,22)23)11-5-13(19)7-14(20)6-11/h1-2,4-7H,8-9H2. The SMILES string of the molecule is FC(F)(F)C1(c2cc(Cl)cc(Cl)c2)CN=C(c2cc[c]c(Br)c2)C1. The summed E-state index contributed by atoms with van der Waals surface area (Å²) in [6.07, 6.45) is -4.74. The molecule has 0 aromatic heterocycles. The van der Waals surface area contributed by atoms with E-state index in [4.69, 9.17) is 23.2 Å². The minimum absolute atomic E-state index is 0.0350. The molecule has 24 heavy (non-hydrogen) atoms. The molecule has 0 saturated carbocycles. The lowest BCUT2D eigenvalue weighted by Crippen LogP contribution is -2.43. The molecule has 1 atom stereocenters. The monoisotopic (exact) mass is 434 g/mol. The Morgan fingerprint density at radius 1 is 1.12 bits per heavy atom. The van der Waals surface area contributed by atoms with Gasteiger partial charge in [-0.05, 0) is 41.5 Å². The summed E-state index contributed by atoms with van der Waals surface area (Å²) in [5.74, 6) is 0. The zero-order valence-corrected chi connectivity index (χ0v) is 15.2. The van der Waals surface area contributed by atoms with Crippen LogP contribution in [0.4, 0.5) is 13.2 Å². The maximum Gasteiger partial charge on any atom is 0.400 e. The van der Waals surface area contributed by atoms with Gasteiger partial charge in [0.05, 0.1) is 6.54 Å². The van der Waals surface area contributed by atoms with E-state index in [2.05, 4.69) is 27.0 Å². The molecule has 0 saturated heterocycles. The third kappa shape index (κ3) is 3.22. The largest absolute Gasteiger partial charge is 0.400 e. The van der Waals surface area contributed by atoms with Crippen LogP contribution in [-0.2, 0) is 5.41 Å². The fourth-order valence-corrected chi connectivity index (χ4v) is 3.72. The molecule has 1 aliphatic rings. The molecule has 1 unspecified atom stereocenters. The van der Waals surface area contributed by atoms with Crippen LogP contribution in [0.1, 0.15) is 17.5 Å². The fourth-order valence-electron chi connectivity index (χ4n) is 2.82. The van der Waals surface area contributed by atoms with E-state index < -0.39 is 18.1 Å². The van der Waals surface area contributed by atoms with Crippen molar-refractivity contribution in [3.05, 3.63) is 68.1 Å². The molecular formula is C17H10BrCl2F3N. The number of alkyl halides is 3. The molecule has 0 spiro atoms. The van der Waals surface area contributed by atoms with Gasteiger partial charge in [0.25, 0.3) is 0 Å². The van der Waals surface area contributed by atoms with Gasteiger partial charge in [0.1, 0.15) is 5.41 Å². The summed E-state index contributed by atoms with van der Waals surface area (Å²) in [6.45, 7) is -0.390. The number of nitrogens with zero attached hydrogens (tertiary/aromatic N) is 1. The van der Waals surface area contributed by atoms with Gasteiger partial charge in [0.15, 0.2) is 0 Å². The lowest BCUT2D eigenvalue weighted by molar-refractivity contribution is -0.183. The van der Waals surface area contributed by atoms with Crippen LogP contribution in [0.2, 0.25) is 10.0 Å². The first-order valence-corrected chi connectivity index (χ1v) is 8.50. The summed E-state index contributed by atoms with van der Waals surface area (Å²) >= 11 is 15.1. The number of hydrogen-bond acceptors (Lipinski definition) is 1. The lowest BCUT2D eigenvalue weighted by Gasteiger charge is -2.31. The van der Waals surface area contributed by atoms with E-state index in [0.717, 1.165) is 0 Å². The molecule has 2 aromatic rings. The Kier molecular flexibility index (Phi) is 4.71. The summed E-state index contributed by atoms with van der Waals surface area (Å²) < 4.78 is 42.5. The number of rotatable bonds is 2. The van der Waals surface area contributed by atoms with Crippen molar-refractivity contribution in [2.24, 2.45) is 4.99 Å². The minimum Gasteiger partial charge on any atom is -0.288 e. The summed E-state index contributed by atoms with van der Waals surface area (Å²) in [5.41, 5.74) is -1.05. The zero-order valence-electron chi connectivity index (χ0n) is 12.1. The molecule has 1 nitrogen and oxygen atoms in total. The molecule has 0 bridgehead atoms. The molecule has 0 fully saturated rings. The molecule has 1 radical (unpaired) electrons.